The summed E-state index contributed by atoms with van der Waals surface area (Å²) in [5.41, 5.74) is -0.377. The van der Waals surface area contributed by atoms with E-state index >= 15 is 0 Å². The van der Waals surface area contributed by atoms with Crippen LogP contribution in [0.4, 0.5) is 0 Å². The fourth-order valence-corrected chi connectivity index (χ4v) is 5.67. The molecule has 27 heavy (non-hydrogen) atoms. The number of aromatic nitrogens is 3. The number of carbonyl (C=O) groups excluding carboxylic acids is 2. The third kappa shape index (κ3) is 2.82. The molecule has 0 bridgehead atoms. The van der Waals surface area contributed by atoms with Gasteiger partial charge in [0.15, 0.2) is 0 Å². The predicted molar refractivity (Wildman–Crippen MR) is 98.5 cm³/mol. The minimum atomic E-state index is -0.377. The molecule has 1 unspecified atom stereocenters. The van der Waals surface area contributed by atoms with Crippen molar-refractivity contribution in [3.8, 4) is 0 Å². The Balaban J connectivity index is 1.36. The van der Waals surface area contributed by atoms with Crippen LogP contribution in [0.2, 0.25) is 0 Å². The Labute approximate surface area is 160 Å². The van der Waals surface area contributed by atoms with Crippen LogP contribution in [0.3, 0.4) is 0 Å². The second kappa shape index (κ2) is 6.69. The van der Waals surface area contributed by atoms with Crippen LogP contribution in [0.15, 0.2) is 0 Å². The Kier molecular flexibility index (Phi) is 4.30. The van der Waals surface area contributed by atoms with E-state index in [0.29, 0.717) is 13.1 Å². The van der Waals surface area contributed by atoms with Crippen LogP contribution in [-0.4, -0.2) is 49.6 Å². The number of amides is 2. The van der Waals surface area contributed by atoms with E-state index in [-0.39, 0.29) is 23.3 Å². The summed E-state index contributed by atoms with van der Waals surface area (Å²) in [5.74, 6) is 2.25. The summed E-state index contributed by atoms with van der Waals surface area (Å²) in [6, 6.07) is 0.171. The molecule has 1 atom stereocenters. The summed E-state index contributed by atoms with van der Waals surface area (Å²) in [7, 11) is 0. The minimum Gasteiger partial charge on any atom is -0.314 e. The van der Waals surface area contributed by atoms with Gasteiger partial charge in [0.1, 0.15) is 11.6 Å². The number of fused-ring (bicyclic) bond motifs is 1. The van der Waals surface area contributed by atoms with Gasteiger partial charge in [-0.15, -0.1) is 10.2 Å². The van der Waals surface area contributed by atoms with E-state index in [2.05, 4.69) is 19.7 Å². The van der Waals surface area contributed by atoms with Crippen molar-refractivity contribution < 1.29 is 9.59 Å². The number of hydrogen-bond donors (Lipinski definition) is 0. The molecule has 7 heteroatoms. The van der Waals surface area contributed by atoms with Crippen molar-refractivity contribution in [2.45, 2.75) is 83.2 Å². The van der Waals surface area contributed by atoms with Gasteiger partial charge in [0, 0.05) is 25.9 Å². The zero-order valence-electron chi connectivity index (χ0n) is 16.0. The minimum absolute atomic E-state index is 0.0209. The first kappa shape index (κ1) is 17.3. The third-order valence-electron chi connectivity index (χ3n) is 7.17. The van der Waals surface area contributed by atoms with Crippen molar-refractivity contribution >= 4 is 11.8 Å². The molecule has 4 heterocycles. The Morgan fingerprint density at radius 2 is 1.81 bits per heavy atom. The highest BCUT2D eigenvalue weighted by Gasteiger charge is 2.53. The maximum Gasteiger partial charge on any atom is 0.237 e. The van der Waals surface area contributed by atoms with Gasteiger partial charge < -0.3 is 4.57 Å². The molecule has 1 spiro atoms. The summed E-state index contributed by atoms with van der Waals surface area (Å²) >= 11 is 0. The Bertz CT molecular complexity index is 752. The standard InChI is InChI=1S/C20H29N5O2/c26-17-13-20(9-3-4-10-20)19(27)25(17)14-23-11-6-7-15(23)18-22-21-16-8-2-1-5-12-24(16)18/h15H,1-14H2. The molecule has 1 aromatic rings. The van der Waals surface area contributed by atoms with E-state index in [9.17, 15) is 9.59 Å². The van der Waals surface area contributed by atoms with Crippen molar-refractivity contribution in [2.75, 3.05) is 13.2 Å². The van der Waals surface area contributed by atoms with Crippen molar-refractivity contribution in [1.29, 1.82) is 0 Å². The summed E-state index contributed by atoms with van der Waals surface area (Å²) in [6.07, 6.45) is 11.1. The largest absolute Gasteiger partial charge is 0.314 e. The molecule has 146 valence electrons. The maximum absolute atomic E-state index is 13.0. The molecule has 1 saturated carbocycles. The highest BCUT2D eigenvalue weighted by molar-refractivity contribution is 6.06. The highest BCUT2D eigenvalue weighted by atomic mass is 16.2. The molecule has 0 N–H and O–H groups in total. The second-order valence-corrected chi connectivity index (χ2v) is 8.84. The van der Waals surface area contributed by atoms with Crippen LogP contribution in [0.5, 0.6) is 0 Å². The SMILES string of the molecule is O=C1CC2(CCCC2)C(=O)N1CN1CCCC1c1nnc2n1CCCCC2. The molecule has 1 aliphatic carbocycles. The molecular weight excluding hydrogens is 342 g/mol. The molecular formula is C20H29N5O2. The lowest BCUT2D eigenvalue weighted by Crippen LogP contribution is -2.43. The number of imide groups is 1. The van der Waals surface area contributed by atoms with Crippen LogP contribution in [0.1, 0.15) is 81.9 Å². The highest BCUT2D eigenvalue weighted by Crippen LogP contribution is 2.47. The predicted octanol–water partition coefficient (Wildman–Crippen LogP) is 2.42. The number of likely N-dealkylation sites (tertiary alicyclic amines) is 2. The van der Waals surface area contributed by atoms with Crippen LogP contribution >= 0.6 is 0 Å². The van der Waals surface area contributed by atoms with Crippen LogP contribution in [0.25, 0.3) is 0 Å². The van der Waals surface area contributed by atoms with Gasteiger partial charge in [-0.3, -0.25) is 19.4 Å². The number of rotatable bonds is 3. The lowest BCUT2D eigenvalue weighted by Gasteiger charge is -2.29. The number of hydrogen-bond acceptors (Lipinski definition) is 5. The van der Waals surface area contributed by atoms with E-state index in [0.717, 1.165) is 69.7 Å². The zero-order chi connectivity index (χ0) is 18.4. The van der Waals surface area contributed by atoms with Crippen LogP contribution in [-0.2, 0) is 22.6 Å². The monoisotopic (exact) mass is 371 g/mol. The maximum atomic E-state index is 13.0. The van der Waals surface area contributed by atoms with E-state index in [1.807, 2.05) is 0 Å². The van der Waals surface area contributed by atoms with E-state index in [4.69, 9.17) is 0 Å². The molecule has 2 saturated heterocycles. The van der Waals surface area contributed by atoms with Crippen LogP contribution in [0, 0.1) is 5.41 Å². The third-order valence-corrected chi connectivity index (χ3v) is 7.17. The molecule has 0 aromatic carbocycles. The van der Waals surface area contributed by atoms with Crippen molar-refractivity contribution in [1.82, 2.24) is 24.6 Å². The van der Waals surface area contributed by atoms with Gasteiger partial charge in [-0.25, -0.2) is 0 Å². The fourth-order valence-electron chi connectivity index (χ4n) is 5.67. The van der Waals surface area contributed by atoms with E-state index < -0.39 is 0 Å². The van der Waals surface area contributed by atoms with Gasteiger partial charge in [0.2, 0.25) is 11.8 Å². The number of aryl methyl sites for hydroxylation is 1. The van der Waals surface area contributed by atoms with Gasteiger partial charge in [-0.05, 0) is 38.5 Å². The second-order valence-electron chi connectivity index (χ2n) is 8.84. The quantitative estimate of drug-likeness (QED) is 0.763. The molecule has 1 aromatic heterocycles. The molecule has 5 rings (SSSR count). The first-order chi connectivity index (χ1) is 13.2. The molecule has 3 aliphatic heterocycles. The van der Waals surface area contributed by atoms with Gasteiger partial charge in [-0.2, -0.15) is 0 Å². The van der Waals surface area contributed by atoms with E-state index in [1.165, 1.54) is 19.3 Å². The van der Waals surface area contributed by atoms with Gasteiger partial charge >= 0.3 is 0 Å². The molecule has 7 nitrogen and oxygen atoms in total. The zero-order valence-corrected chi connectivity index (χ0v) is 16.0. The van der Waals surface area contributed by atoms with Gasteiger partial charge in [-0.1, -0.05) is 19.3 Å². The molecule has 3 fully saturated rings. The average Bonchev–Trinajstić information content (AvgIpc) is 3.40. The first-order valence-corrected chi connectivity index (χ1v) is 10.7. The summed E-state index contributed by atoms with van der Waals surface area (Å²) < 4.78 is 2.31. The Hall–Kier alpha value is -1.76. The van der Waals surface area contributed by atoms with Crippen molar-refractivity contribution in [3.05, 3.63) is 11.6 Å². The fraction of sp³-hybridized carbons (Fsp3) is 0.800. The summed E-state index contributed by atoms with van der Waals surface area (Å²) in [6.45, 7) is 2.33. The first-order valence-electron chi connectivity index (χ1n) is 10.7. The average molecular weight is 371 g/mol. The Morgan fingerprint density at radius 1 is 0.963 bits per heavy atom. The summed E-state index contributed by atoms with van der Waals surface area (Å²) in [5, 5.41) is 8.99. The molecule has 4 aliphatic rings. The van der Waals surface area contributed by atoms with Gasteiger partial charge in [0.05, 0.1) is 18.1 Å². The lowest BCUT2D eigenvalue weighted by molar-refractivity contribution is -0.144. The van der Waals surface area contributed by atoms with Gasteiger partial charge in [0.25, 0.3) is 0 Å². The topological polar surface area (TPSA) is 71.3 Å². The van der Waals surface area contributed by atoms with Crippen LogP contribution < -0.4 is 0 Å². The number of nitrogens with zero attached hydrogens (tertiary/aromatic N) is 5. The molecule has 0 radical (unpaired) electrons. The van der Waals surface area contributed by atoms with Crippen molar-refractivity contribution in [3.63, 3.8) is 0 Å². The smallest absolute Gasteiger partial charge is 0.237 e. The number of carbonyl (C=O) groups is 2. The van der Waals surface area contributed by atoms with E-state index in [1.54, 1.807) is 4.90 Å². The molecule has 2 amide bonds. The normalized spacial score (nSPS) is 28.3. The van der Waals surface area contributed by atoms with Crippen molar-refractivity contribution in [2.24, 2.45) is 5.41 Å². The summed E-state index contributed by atoms with van der Waals surface area (Å²) in [4.78, 5) is 29.5. The Morgan fingerprint density at radius 3 is 2.67 bits per heavy atom. The lowest BCUT2D eigenvalue weighted by atomic mass is 9.85.